The summed E-state index contributed by atoms with van der Waals surface area (Å²) in [4.78, 5) is 33.8. The predicted molar refractivity (Wildman–Crippen MR) is 109 cm³/mol. The number of fused-ring (bicyclic) bond motifs is 1. The average Bonchev–Trinajstić information content (AvgIpc) is 3.31. The number of rotatable bonds is 3. The first-order chi connectivity index (χ1) is 15.4. The Hall–Kier alpha value is -3.07. The molecule has 168 valence electrons. The van der Waals surface area contributed by atoms with Crippen molar-refractivity contribution in [3.63, 3.8) is 0 Å². The molecule has 7 nitrogen and oxygen atoms in total. The zero-order valence-electron chi connectivity index (χ0n) is 17.6. The number of methoxy groups -OCH3 is 1. The molecule has 1 aromatic carbocycles. The van der Waals surface area contributed by atoms with E-state index >= 15 is 0 Å². The minimum atomic E-state index is -1.01. The minimum Gasteiger partial charge on any atom is -0.480 e. The van der Waals surface area contributed by atoms with E-state index in [1.165, 1.54) is 19.2 Å². The molecule has 0 bridgehead atoms. The minimum absolute atomic E-state index is 0.166. The molecule has 3 fully saturated rings. The van der Waals surface area contributed by atoms with Crippen molar-refractivity contribution in [3.8, 4) is 5.88 Å². The van der Waals surface area contributed by atoms with Crippen LogP contribution in [0.2, 0.25) is 0 Å². The number of pyridine rings is 1. The second-order valence-electron chi connectivity index (χ2n) is 8.43. The van der Waals surface area contributed by atoms with Crippen LogP contribution in [-0.4, -0.2) is 58.6 Å². The Balaban J connectivity index is 1.32. The number of ether oxygens (including phenoxy) is 2. The fraction of sp³-hybridized carbons (Fsp3) is 0.435. The van der Waals surface area contributed by atoms with Gasteiger partial charge in [-0.05, 0) is 42.7 Å². The van der Waals surface area contributed by atoms with Gasteiger partial charge in [0, 0.05) is 38.2 Å². The maximum atomic E-state index is 13.8. The highest BCUT2D eigenvalue weighted by atomic mass is 19.1. The summed E-state index contributed by atoms with van der Waals surface area (Å²) in [5.74, 6) is -1.44. The van der Waals surface area contributed by atoms with E-state index in [2.05, 4.69) is 4.98 Å². The third-order valence-corrected chi connectivity index (χ3v) is 6.64. The van der Waals surface area contributed by atoms with Gasteiger partial charge in [0.1, 0.15) is 23.4 Å². The van der Waals surface area contributed by atoms with Crippen molar-refractivity contribution in [2.75, 3.05) is 20.2 Å². The Bertz CT molecular complexity index is 1050. The first-order valence-electron chi connectivity index (χ1n) is 10.7. The number of carbonyl (C=O) groups excluding carboxylic acids is 2. The van der Waals surface area contributed by atoms with Crippen molar-refractivity contribution in [3.05, 3.63) is 59.3 Å². The molecule has 9 heteroatoms. The van der Waals surface area contributed by atoms with Gasteiger partial charge in [-0.2, -0.15) is 0 Å². The van der Waals surface area contributed by atoms with Crippen molar-refractivity contribution in [2.45, 2.75) is 43.6 Å². The molecule has 3 saturated heterocycles. The summed E-state index contributed by atoms with van der Waals surface area (Å²) < 4.78 is 38.9. The van der Waals surface area contributed by atoms with Crippen molar-refractivity contribution in [2.24, 2.45) is 0 Å². The Labute approximate surface area is 183 Å². The third-order valence-electron chi connectivity index (χ3n) is 6.64. The number of carbonyl (C=O) groups is 2. The Kier molecular flexibility index (Phi) is 5.08. The summed E-state index contributed by atoms with van der Waals surface area (Å²) in [6.45, 7) is 0.699. The molecule has 2 atom stereocenters. The van der Waals surface area contributed by atoms with Crippen LogP contribution in [0.25, 0.3) is 0 Å². The molecule has 0 aliphatic carbocycles. The molecule has 3 aliphatic rings. The van der Waals surface area contributed by atoms with Crippen LogP contribution in [0.1, 0.15) is 47.6 Å². The zero-order chi connectivity index (χ0) is 22.5. The summed E-state index contributed by atoms with van der Waals surface area (Å²) in [5, 5.41) is 0. The van der Waals surface area contributed by atoms with E-state index in [0.717, 1.165) is 6.07 Å². The second-order valence-corrected chi connectivity index (χ2v) is 8.43. The average molecular weight is 443 g/mol. The van der Waals surface area contributed by atoms with E-state index in [-0.39, 0.29) is 17.7 Å². The van der Waals surface area contributed by atoms with Gasteiger partial charge in [-0.1, -0.05) is 0 Å². The number of halogens is 2. The normalized spacial score (nSPS) is 24.2. The molecule has 0 saturated carbocycles. The highest BCUT2D eigenvalue weighted by Gasteiger charge is 2.58. The van der Waals surface area contributed by atoms with Gasteiger partial charge in [0.25, 0.3) is 11.8 Å². The molecule has 2 unspecified atom stereocenters. The third kappa shape index (κ3) is 3.31. The van der Waals surface area contributed by atoms with E-state index in [0.29, 0.717) is 49.9 Å². The van der Waals surface area contributed by atoms with Gasteiger partial charge < -0.3 is 19.3 Å². The van der Waals surface area contributed by atoms with Gasteiger partial charge in [-0.15, -0.1) is 0 Å². The van der Waals surface area contributed by atoms with Crippen LogP contribution in [0, 0.1) is 11.6 Å². The number of hydrogen-bond donors (Lipinski definition) is 0. The highest BCUT2D eigenvalue weighted by Crippen LogP contribution is 2.47. The molecule has 1 aromatic heterocycles. The van der Waals surface area contributed by atoms with E-state index < -0.39 is 29.5 Å². The Morgan fingerprint density at radius 1 is 1.19 bits per heavy atom. The van der Waals surface area contributed by atoms with Crippen LogP contribution in [0.15, 0.2) is 36.5 Å². The van der Waals surface area contributed by atoms with Crippen molar-refractivity contribution in [1.82, 2.24) is 14.8 Å². The molecular formula is C23H23F2N3O4. The van der Waals surface area contributed by atoms with Gasteiger partial charge >= 0.3 is 0 Å². The standard InChI is InChI=1S/C23H23F2N3O4/c1-31-20-17(3-2-8-26-20)21(29)27-9-6-23(7-10-27)22(30)28-18(4-5-19(28)32-23)14-11-15(24)13-16(25)12-14/h2-3,8,11-13,18-19H,4-7,9-10H2,1H3. The van der Waals surface area contributed by atoms with Crippen molar-refractivity contribution >= 4 is 11.8 Å². The number of piperidine rings is 1. The zero-order valence-corrected chi connectivity index (χ0v) is 17.6. The number of hydrogen-bond acceptors (Lipinski definition) is 5. The summed E-state index contributed by atoms with van der Waals surface area (Å²) in [5.41, 5.74) is -0.195. The van der Waals surface area contributed by atoms with Crippen molar-refractivity contribution < 1.29 is 27.8 Å². The van der Waals surface area contributed by atoms with Gasteiger partial charge in [-0.3, -0.25) is 9.59 Å². The largest absolute Gasteiger partial charge is 0.480 e. The molecule has 0 N–H and O–H groups in total. The number of amides is 2. The lowest BCUT2D eigenvalue weighted by Crippen LogP contribution is -2.51. The molecule has 2 amide bonds. The van der Waals surface area contributed by atoms with Crippen molar-refractivity contribution in [1.29, 1.82) is 0 Å². The molecule has 2 aromatic rings. The molecular weight excluding hydrogens is 420 g/mol. The maximum absolute atomic E-state index is 13.8. The van der Waals surface area contributed by atoms with E-state index in [9.17, 15) is 18.4 Å². The summed E-state index contributed by atoms with van der Waals surface area (Å²) in [7, 11) is 1.46. The van der Waals surface area contributed by atoms with Gasteiger partial charge in [-0.25, -0.2) is 13.8 Å². The number of aromatic nitrogens is 1. The molecule has 3 aliphatic heterocycles. The summed E-state index contributed by atoms with van der Waals surface area (Å²) >= 11 is 0. The maximum Gasteiger partial charge on any atom is 0.259 e. The number of nitrogens with zero attached hydrogens (tertiary/aromatic N) is 3. The highest BCUT2D eigenvalue weighted by molar-refractivity contribution is 5.97. The van der Waals surface area contributed by atoms with Gasteiger partial charge in [0.15, 0.2) is 5.60 Å². The van der Waals surface area contributed by atoms with Gasteiger partial charge in [0.2, 0.25) is 5.88 Å². The van der Waals surface area contributed by atoms with E-state index in [1.54, 1.807) is 28.1 Å². The first kappa shape index (κ1) is 20.8. The van der Waals surface area contributed by atoms with Gasteiger partial charge in [0.05, 0.1) is 13.2 Å². The molecule has 4 heterocycles. The summed E-state index contributed by atoms with van der Waals surface area (Å²) in [6.07, 6.45) is 3.04. The molecule has 1 spiro atoms. The number of likely N-dealkylation sites (tertiary alicyclic amines) is 1. The Morgan fingerprint density at radius 3 is 2.59 bits per heavy atom. The lowest BCUT2D eigenvalue weighted by Gasteiger charge is -2.37. The molecule has 32 heavy (non-hydrogen) atoms. The van der Waals surface area contributed by atoms with Crippen LogP contribution in [0.4, 0.5) is 8.78 Å². The predicted octanol–water partition coefficient (Wildman–Crippen LogP) is 3.06. The van der Waals surface area contributed by atoms with Crippen LogP contribution in [0.3, 0.4) is 0 Å². The fourth-order valence-corrected chi connectivity index (χ4v) is 5.10. The second kappa shape index (κ2) is 7.81. The number of benzene rings is 1. The monoisotopic (exact) mass is 443 g/mol. The van der Waals surface area contributed by atoms with Crippen LogP contribution >= 0.6 is 0 Å². The SMILES string of the molecule is COc1ncccc1C(=O)N1CCC2(CC1)OC1CCC(c3cc(F)cc(F)c3)N1C2=O. The molecule has 0 radical (unpaired) electrons. The van der Waals surface area contributed by atoms with Crippen LogP contribution < -0.4 is 4.74 Å². The lowest BCUT2D eigenvalue weighted by molar-refractivity contribution is -0.142. The summed E-state index contributed by atoms with van der Waals surface area (Å²) in [6, 6.07) is 6.29. The van der Waals surface area contributed by atoms with E-state index in [4.69, 9.17) is 9.47 Å². The van der Waals surface area contributed by atoms with E-state index in [1.807, 2.05) is 0 Å². The Morgan fingerprint density at radius 2 is 1.91 bits per heavy atom. The first-order valence-corrected chi connectivity index (χ1v) is 10.7. The molecule has 5 rings (SSSR count). The fourth-order valence-electron chi connectivity index (χ4n) is 5.10. The topological polar surface area (TPSA) is 72.0 Å². The smallest absolute Gasteiger partial charge is 0.259 e. The van der Waals surface area contributed by atoms with Crippen LogP contribution in [-0.2, 0) is 9.53 Å². The lowest BCUT2D eigenvalue weighted by atomic mass is 9.89. The van der Waals surface area contributed by atoms with Crippen LogP contribution in [0.5, 0.6) is 5.88 Å². The quantitative estimate of drug-likeness (QED) is 0.729.